The van der Waals surface area contributed by atoms with E-state index in [0.717, 1.165) is 6.54 Å². The molecule has 2 heterocycles. The summed E-state index contributed by atoms with van der Waals surface area (Å²) in [6.45, 7) is 3.38. The van der Waals surface area contributed by atoms with E-state index in [0.29, 0.717) is 6.04 Å². The van der Waals surface area contributed by atoms with Crippen LogP contribution in [0.3, 0.4) is 0 Å². The number of nitrogens with zero attached hydrogens (tertiary/aromatic N) is 1. The van der Waals surface area contributed by atoms with Crippen LogP contribution in [0, 0.1) is 6.92 Å². The lowest BCUT2D eigenvalue weighted by atomic mass is 9.95. The van der Waals surface area contributed by atoms with Gasteiger partial charge in [-0.15, -0.1) is 0 Å². The van der Waals surface area contributed by atoms with Crippen LogP contribution in [0.5, 0.6) is 0 Å². The molecule has 1 N–H and O–H groups in total. The van der Waals surface area contributed by atoms with Crippen LogP contribution in [0.4, 0.5) is 0 Å². The number of fused-ring (bicyclic) bond motifs is 1. The molecule has 90 valence electrons. The van der Waals surface area contributed by atoms with Gasteiger partial charge in [0.2, 0.25) is 0 Å². The highest BCUT2D eigenvalue weighted by Gasteiger charge is 2.16. The predicted octanol–water partition coefficient (Wildman–Crippen LogP) is 3.30. The molecular formula is C15H20N2. The van der Waals surface area contributed by atoms with Crippen molar-refractivity contribution in [2.45, 2.75) is 32.2 Å². The van der Waals surface area contributed by atoms with Crippen LogP contribution in [0.25, 0.3) is 10.9 Å². The van der Waals surface area contributed by atoms with Crippen molar-refractivity contribution in [1.82, 2.24) is 9.88 Å². The lowest BCUT2D eigenvalue weighted by Crippen LogP contribution is -2.26. The molecule has 0 saturated carbocycles. The predicted molar refractivity (Wildman–Crippen MR) is 72.3 cm³/mol. The number of piperidine rings is 1. The Labute approximate surface area is 103 Å². The fourth-order valence-electron chi connectivity index (χ4n) is 3.05. The normalized spacial score (nSPS) is 20.9. The molecule has 1 atom stereocenters. The molecule has 1 unspecified atom stereocenters. The summed E-state index contributed by atoms with van der Waals surface area (Å²) in [4.78, 5) is 0. The van der Waals surface area contributed by atoms with Gasteiger partial charge in [0.1, 0.15) is 0 Å². The van der Waals surface area contributed by atoms with Crippen LogP contribution < -0.4 is 5.32 Å². The van der Waals surface area contributed by atoms with Crippen LogP contribution in [0.15, 0.2) is 24.4 Å². The van der Waals surface area contributed by atoms with Crippen LogP contribution >= 0.6 is 0 Å². The lowest BCUT2D eigenvalue weighted by molar-refractivity contribution is 0.412. The van der Waals surface area contributed by atoms with Crippen LogP contribution in [0.1, 0.15) is 36.4 Å². The molecule has 1 aromatic carbocycles. The summed E-state index contributed by atoms with van der Waals surface area (Å²) >= 11 is 0. The molecule has 2 nitrogen and oxygen atoms in total. The first-order valence-electron chi connectivity index (χ1n) is 6.54. The van der Waals surface area contributed by atoms with Crippen molar-refractivity contribution in [2.75, 3.05) is 6.54 Å². The van der Waals surface area contributed by atoms with Crippen molar-refractivity contribution >= 4 is 10.9 Å². The Morgan fingerprint density at radius 1 is 1.29 bits per heavy atom. The van der Waals surface area contributed by atoms with Gasteiger partial charge in [0.25, 0.3) is 0 Å². The maximum absolute atomic E-state index is 3.63. The van der Waals surface area contributed by atoms with E-state index in [1.54, 1.807) is 0 Å². The Morgan fingerprint density at radius 2 is 2.18 bits per heavy atom. The molecule has 0 amide bonds. The highest BCUT2D eigenvalue weighted by Crippen LogP contribution is 2.28. The molecule has 1 aromatic heterocycles. The number of aryl methyl sites for hydroxylation is 2. The summed E-state index contributed by atoms with van der Waals surface area (Å²) in [6, 6.07) is 7.48. The van der Waals surface area contributed by atoms with Gasteiger partial charge < -0.3 is 9.88 Å². The molecule has 1 aliphatic heterocycles. The van der Waals surface area contributed by atoms with Crippen LogP contribution in [0.2, 0.25) is 0 Å². The van der Waals surface area contributed by atoms with Gasteiger partial charge in [-0.2, -0.15) is 0 Å². The third kappa shape index (κ3) is 1.87. The number of hydrogen-bond acceptors (Lipinski definition) is 1. The zero-order valence-electron chi connectivity index (χ0n) is 10.7. The van der Waals surface area contributed by atoms with E-state index in [1.807, 2.05) is 0 Å². The van der Waals surface area contributed by atoms with E-state index < -0.39 is 0 Å². The van der Waals surface area contributed by atoms with Gasteiger partial charge in [-0.05, 0) is 49.6 Å². The van der Waals surface area contributed by atoms with Gasteiger partial charge in [-0.3, -0.25) is 0 Å². The number of benzene rings is 1. The Hall–Kier alpha value is -1.28. The van der Waals surface area contributed by atoms with Crippen molar-refractivity contribution in [2.24, 2.45) is 7.05 Å². The minimum Gasteiger partial charge on any atom is -0.350 e. The summed E-state index contributed by atoms with van der Waals surface area (Å²) in [5.74, 6) is 0. The van der Waals surface area contributed by atoms with E-state index in [1.165, 1.54) is 41.3 Å². The number of hydrogen-bond donors (Lipinski definition) is 1. The fraction of sp³-hybridized carbons (Fsp3) is 0.467. The fourth-order valence-corrected chi connectivity index (χ4v) is 3.05. The monoisotopic (exact) mass is 228 g/mol. The lowest BCUT2D eigenvalue weighted by Gasteiger charge is -2.24. The molecule has 1 saturated heterocycles. The van der Waals surface area contributed by atoms with E-state index in [4.69, 9.17) is 0 Å². The summed E-state index contributed by atoms with van der Waals surface area (Å²) in [5, 5.41) is 5.00. The van der Waals surface area contributed by atoms with Gasteiger partial charge >= 0.3 is 0 Å². The zero-order valence-corrected chi connectivity index (χ0v) is 10.7. The first kappa shape index (κ1) is 10.8. The van der Waals surface area contributed by atoms with E-state index >= 15 is 0 Å². The molecule has 1 aliphatic rings. The number of rotatable bonds is 1. The number of nitrogens with one attached hydrogen (secondary N) is 1. The largest absolute Gasteiger partial charge is 0.350 e. The van der Waals surface area contributed by atoms with E-state index in [9.17, 15) is 0 Å². The second-order valence-corrected chi connectivity index (χ2v) is 5.20. The average molecular weight is 228 g/mol. The van der Waals surface area contributed by atoms with Gasteiger partial charge in [0, 0.05) is 24.7 Å². The molecular weight excluding hydrogens is 208 g/mol. The zero-order chi connectivity index (χ0) is 11.8. The molecule has 1 fully saturated rings. The Kier molecular flexibility index (Phi) is 2.67. The Morgan fingerprint density at radius 3 is 2.94 bits per heavy atom. The topological polar surface area (TPSA) is 17.0 Å². The second kappa shape index (κ2) is 4.19. The van der Waals surface area contributed by atoms with Gasteiger partial charge in [0.15, 0.2) is 0 Å². The van der Waals surface area contributed by atoms with Crippen LogP contribution in [-0.4, -0.2) is 11.1 Å². The molecule has 3 rings (SSSR count). The summed E-state index contributed by atoms with van der Waals surface area (Å²) in [6.07, 6.45) is 6.10. The maximum Gasteiger partial charge on any atom is 0.0507 e. The molecule has 0 radical (unpaired) electrons. The maximum atomic E-state index is 3.63. The molecule has 2 aromatic rings. The van der Waals surface area contributed by atoms with Gasteiger partial charge in [-0.25, -0.2) is 0 Å². The molecule has 0 spiro atoms. The smallest absolute Gasteiger partial charge is 0.0507 e. The third-order valence-corrected chi connectivity index (χ3v) is 3.90. The van der Waals surface area contributed by atoms with E-state index in [-0.39, 0.29) is 0 Å². The van der Waals surface area contributed by atoms with Crippen molar-refractivity contribution < 1.29 is 0 Å². The van der Waals surface area contributed by atoms with Crippen molar-refractivity contribution in [3.05, 3.63) is 35.5 Å². The molecule has 2 heteroatoms. The van der Waals surface area contributed by atoms with Crippen molar-refractivity contribution in [3.8, 4) is 0 Å². The van der Waals surface area contributed by atoms with Gasteiger partial charge in [0.05, 0.1) is 5.52 Å². The van der Waals surface area contributed by atoms with E-state index in [2.05, 4.69) is 48.3 Å². The highest BCUT2D eigenvalue weighted by molar-refractivity contribution is 5.84. The average Bonchev–Trinajstić information content (AvgIpc) is 2.73. The summed E-state index contributed by atoms with van der Waals surface area (Å²) < 4.78 is 2.21. The molecule has 17 heavy (non-hydrogen) atoms. The minimum atomic E-state index is 0.562. The summed E-state index contributed by atoms with van der Waals surface area (Å²) in [5.41, 5.74) is 4.21. The third-order valence-electron chi connectivity index (χ3n) is 3.90. The molecule has 0 aliphatic carbocycles. The minimum absolute atomic E-state index is 0.562. The number of aromatic nitrogens is 1. The SMILES string of the molecule is Cc1cc(C2CCCCN2)cc2ccn(C)c12. The Bertz CT molecular complexity index is 533. The van der Waals surface area contributed by atoms with Crippen molar-refractivity contribution in [3.63, 3.8) is 0 Å². The first-order chi connectivity index (χ1) is 8.25. The standard InChI is InChI=1S/C15H20N2/c1-11-9-13(14-5-3-4-7-16-14)10-12-6-8-17(2)15(11)12/h6,8-10,14,16H,3-5,7H2,1-2H3. The summed E-state index contributed by atoms with van der Waals surface area (Å²) in [7, 11) is 2.12. The quantitative estimate of drug-likeness (QED) is 0.792. The van der Waals surface area contributed by atoms with Crippen molar-refractivity contribution in [1.29, 1.82) is 0 Å². The van der Waals surface area contributed by atoms with Gasteiger partial charge in [-0.1, -0.05) is 12.5 Å². The second-order valence-electron chi connectivity index (χ2n) is 5.20. The molecule has 0 bridgehead atoms. The Balaban J connectivity index is 2.05. The highest BCUT2D eigenvalue weighted by atomic mass is 14.9. The van der Waals surface area contributed by atoms with Crippen LogP contribution in [-0.2, 0) is 7.05 Å². The first-order valence-corrected chi connectivity index (χ1v) is 6.54.